The van der Waals surface area contributed by atoms with Crippen molar-refractivity contribution in [2.45, 2.75) is 12.8 Å². The molecule has 0 atom stereocenters. The summed E-state index contributed by atoms with van der Waals surface area (Å²) >= 11 is 3.31. The molecule has 3 N–H and O–H groups in total. The minimum Gasteiger partial charge on any atom is -0.481 e. The van der Waals surface area contributed by atoms with Crippen LogP contribution in [0.4, 0.5) is 0 Å². The number of ether oxygens (including phenoxy) is 2. The number of hydrogen-bond donors (Lipinski definition) is 3. The molecule has 3 rings (SSSR count). The molecular weight excluding hydrogens is 456 g/mol. The van der Waals surface area contributed by atoms with Gasteiger partial charge < -0.3 is 25.2 Å². The van der Waals surface area contributed by atoms with E-state index < -0.39 is 17.8 Å². The number of carbonyl (C=O) groups is 3. The van der Waals surface area contributed by atoms with Gasteiger partial charge in [-0.3, -0.25) is 14.4 Å². The quantitative estimate of drug-likeness (QED) is 0.400. The second kappa shape index (κ2) is 9.93. The molecule has 9 heteroatoms. The lowest BCUT2D eigenvalue weighted by atomic mass is 10.1. The second-order valence-corrected chi connectivity index (χ2v) is 7.30. The average Bonchev–Trinajstić information content (AvgIpc) is 3.18. The lowest BCUT2D eigenvalue weighted by Gasteiger charge is -2.11. The van der Waals surface area contributed by atoms with Crippen molar-refractivity contribution in [3.05, 3.63) is 63.8 Å². The van der Waals surface area contributed by atoms with E-state index in [-0.39, 0.29) is 31.9 Å². The molecule has 1 aliphatic rings. The van der Waals surface area contributed by atoms with Crippen molar-refractivity contribution in [3.63, 3.8) is 0 Å². The number of nitrogens with one attached hydrogen (secondary N) is 2. The third-order valence-electron chi connectivity index (χ3n) is 4.16. The summed E-state index contributed by atoms with van der Waals surface area (Å²) in [5, 5.41) is 14.0. The summed E-state index contributed by atoms with van der Waals surface area (Å²) in [5.41, 5.74) is 1.04. The number of carbonyl (C=O) groups excluding carboxylic acids is 2. The summed E-state index contributed by atoms with van der Waals surface area (Å²) in [5.74, 6) is -0.766. The number of rotatable bonds is 8. The molecule has 1 aliphatic heterocycles. The SMILES string of the molecule is O=C(O)CCCNC(=O)/C(=C\c1ccc2c(c1)OCO2)NC(=O)c1ccc(Br)cc1. The van der Waals surface area contributed by atoms with E-state index in [1.807, 2.05) is 0 Å². The molecule has 156 valence electrons. The van der Waals surface area contributed by atoms with Crippen LogP contribution in [0.15, 0.2) is 52.6 Å². The maximum absolute atomic E-state index is 12.6. The number of carboxylic acids is 1. The zero-order chi connectivity index (χ0) is 21.5. The highest BCUT2D eigenvalue weighted by molar-refractivity contribution is 9.10. The number of amides is 2. The fraction of sp³-hybridized carbons (Fsp3) is 0.190. The van der Waals surface area contributed by atoms with E-state index in [0.29, 0.717) is 22.6 Å². The Morgan fingerprint density at radius 1 is 1.07 bits per heavy atom. The summed E-state index contributed by atoms with van der Waals surface area (Å²) in [6.07, 6.45) is 1.73. The fourth-order valence-electron chi connectivity index (χ4n) is 2.66. The monoisotopic (exact) mass is 474 g/mol. The zero-order valence-corrected chi connectivity index (χ0v) is 17.4. The van der Waals surface area contributed by atoms with Crippen LogP contribution >= 0.6 is 15.9 Å². The van der Waals surface area contributed by atoms with E-state index in [9.17, 15) is 14.4 Å². The largest absolute Gasteiger partial charge is 0.481 e. The molecule has 0 fully saturated rings. The van der Waals surface area contributed by atoms with Gasteiger partial charge in [-0.15, -0.1) is 0 Å². The van der Waals surface area contributed by atoms with Crippen LogP contribution in [-0.4, -0.2) is 36.2 Å². The Balaban J connectivity index is 1.78. The van der Waals surface area contributed by atoms with Crippen molar-refractivity contribution in [1.82, 2.24) is 10.6 Å². The molecule has 2 aromatic rings. The summed E-state index contributed by atoms with van der Waals surface area (Å²) in [7, 11) is 0. The summed E-state index contributed by atoms with van der Waals surface area (Å²) in [4.78, 5) is 35.9. The number of halogens is 1. The van der Waals surface area contributed by atoms with Crippen molar-refractivity contribution in [2.75, 3.05) is 13.3 Å². The number of hydrogen-bond acceptors (Lipinski definition) is 5. The third kappa shape index (κ3) is 5.84. The highest BCUT2D eigenvalue weighted by Gasteiger charge is 2.17. The highest BCUT2D eigenvalue weighted by atomic mass is 79.9. The molecule has 2 aromatic carbocycles. The maximum atomic E-state index is 12.6. The van der Waals surface area contributed by atoms with E-state index in [2.05, 4.69) is 26.6 Å². The minimum absolute atomic E-state index is 0.0251. The van der Waals surface area contributed by atoms with Gasteiger partial charge in [-0.05, 0) is 54.5 Å². The van der Waals surface area contributed by atoms with Crippen LogP contribution in [-0.2, 0) is 9.59 Å². The first-order chi connectivity index (χ1) is 14.4. The lowest BCUT2D eigenvalue weighted by molar-refractivity contribution is -0.137. The Kier molecular flexibility index (Phi) is 7.08. The Morgan fingerprint density at radius 3 is 2.53 bits per heavy atom. The molecule has 30 heavy (non-hydrogen) atoms. The van der Waals surface area contributed by atoms with E-state index in [4.69, 9.17) is 14.6 Å². The lowest BCUT2D eigenvalue weighted by Crippen LogP contribution is -2.35. The van der Waals surface area contributed by atoms with Gasteiger partial charge in [0.15, 0.2) is 11.5 Å². The normalized spacial score (nSPS) is 12.4. The molecule has 8 nitrogen and oxygen atoms in total. The van der Waals surface area contributed by atoms with Gasteiger partial charge >= 0.3 is 5.97 Å². The van der Waals surface area contributed by atoms with Gasteiger partial charge in [-0.25, -0.2) is 0 Å². The van der Waals surface area contributed by atoms with Crippen molar-refractivity contribution in [1.29, 1.82) is 0 Å². The van der Waals surface area contributed by atoms with Crippen molar-refractivity contribution >= 4 is 39.8 Å². The van der Waals surface area contributed by atoms with E-state index >= 15 is 0 Å². The van der Waals surface area contributed by atoms with Crippen LogP contribution in [0.1, 0.15) is 28.8 Å². The molecular formula is C21H19BrN2O6. The number of benzene rings is 2. The van der Waals surface area contributed by atoms with Gasteiger partial charge in [0, 0.05) is 23.0 Å². The van der Waals surface area contributed by atoms with Crippen molar-refractivity contribution in [3.8, 4) is 11.5 Å². The van der Waals surface area contributed by atoms with Gasteiger partial charge in [0.2, 0.25) is 6.79 Å². The summed E-state index contributed by atoms with van der Waals surface area (Å²) in [6.45, 7) is 0.289. The highest BCUT2D eigenvalue weighted by Crippen LogP contribution is 2.33. The first-order valence-corrected chi connectivity index (χ1v) is 9.90. The van der Waals surface area contributed by atoms with Gasteiger partial charge in [0.1, 0.15) is 5.70 Å². The third-order valence-corrected chi connectivity index (χ3v) is 4.69. The van der Waals surface area contributed by atoms with E-state index in [1.165, 1.54) is 6.08 Å². The molecule has 0 aromatic heterocycles. The van der Waals surface area contributed by atoms with Crippen LogP contribution < -0.4 is 20.1 Å². The molecule has 1 heterocycles. The smallest absolute Gasteiger partial charge is 0.303 e. The maximum Gasteiger partial charge on any atom is 0.303 e. The molecule has 0 saturated heterocycles. The van der Waals surface area contributed by atoms with E-state index in [1.54, 1.807) is 42.5 Å². The Morgan fingerprint density at radius 2 is 1.80 bits per heavy atom. The van der Waals surface area contributed by atoms with Crippen molar-refractivity contribution in [2.24, 2.45) is 0 Å². The van der Waals surface area contributed by atoms with Gasteiger partial charge in [0.25, 0.3) is 11.8 Å². The number of fused-ring (bicyclic) bond motifs is 1. The zero-order valence-electron chi connectivity index (χ0n) is 15.8. The van der Waals surface area contributed by atoms with Crippen LogP contribution in [0.2, 0.25) is 0 Å². The molecule has 0 spiro atoms. The van der Waals surface area contributed by atoms with Crippen LogP contribution in [0, 0.1) is 0 Å². The molecule has 0 bridgehead atoms. The topological polar surface area (TPSA) is 114 Å². The molecule has 0 aliphatic carbocycles. The molecule has 0 radical (unpaired) electrons. The molecule has 2 amide bonds. The summed E-state index contributed by atoms with van der Waals surface area (Å²) in [6, 6.07) is 11.9. The van der Waals surface area contributed by atoms with E-state index in [0.717, 1.165) is 4.47 Å². The Labute approximate surface area is 181 Å². The van der Waals surface area contributed by atoms with Crippen LogP contribution in [0.3, 0.4) is 0 Å². The Bertz CT molecular complexity index is 987. The second-order valence-electron chi connectivity index (χ2n) is 6.38. The first-order valence-electron chi connectivity index (χ1n) is 9.10. The Hall–Kier alpha value is -3.33. The van der Waals surface area contributed by atoms with Crippen LogP contribution in [0.5, 0.6) is 11.5 Å². The standard InChI is InChI=1S/C21H19BrN2O6/c22-15-6-4-14(5-7-15)20(27)24-16(21(28)23-9-1-2-19(25)26)10-13-3-8-17-18(11-13)30-12-29-17/h3-8,10-11H,1-2,9,12H2,(H,23,28)(H,24,27)(H,25,26)/b16-10+. The van der Waals surface area contributed by atoms with Gasteiger partial charge in [-0.2, -0.15) is 0 Å². The van der Waals surface area contributed by atoms with Gasteiger partial charge in [-0.1, -0.05) is 22.0 Å². The van der Waals surface area contributed by atoms with Crippen LogP contribution in [0.25, 0.3) is 6.08 Å². The minimum atomic E-state index is -0.941. The van der Waals surface area contributed by atoms with Crippen molar-refractivity contribution < 1.29 is 29.0 Å². The first kappa shape index (κ1) is 21.4. The fourth-order valence-corrected chi connectivity index (χ4v) is 2.92. The van der Waals surface area contributed by atoms with Gasteiger partial charge in [0.05, 0.1) is 0 Å². The molecule has 0 unspecified atom stereocenters. The average molecular weight is 475 g/mol. The predicted octanol–water partition coefficient (Wildman–Crippen LogP) is 2.93. The summed E-state index contributed by atoms with van der Waals surface area (Å²) < 4.78 is 11.4. The molecule has 0 saturated carbocycles. The number of aliphatic carboxylic acids is 1. The number of carboxylic acid groups (broad SMARTS) is 1. The predicted molar refractivity (Wildman–Crippen MR) is 112 cm³/mol.